The Morgan fingerprint density at radius 3 is 2.53 bits per heavy atom. The summed E-state index contributed by atoms with van der Waals surface area (Å²) in [5, 5.41) is 6.04. The molecule has 0 aliphatic heterocycles. The molecule has 2 N–H and O–H groups in total. The second-order valence-corrected chi connectivity index (χ2v) is 5.54. The predicted molar refractivity (Wildman–Crippen MR) is 73.0 cm³/mol. The summed E-state index contributed by atoms with van der Waals surface area (Å²) in [6.07, 6.45) is 1.68. The maximum Gasteiger partial charge on any atom is 0.237 e. The lowest BCUT2D eigenvalue weighted by molar-refractivity contribution is -0.122. The number of rotatable bonds is 8. The van der Waals surface area contributed by atoms with E-state index in [1.165, 1.54) is 0 Å². The zero-order valence-electron chi connectivity index (χ0n) is 11.8. The molecule has 4 nitrogen and oxygen atoms in total. The lowest BCUT2D eigenvalue weighted by atomic mass is 9.92. The van der Waals surface area contributed by atoms with E-state index in [0.717, 1.165) is 13.1 Å². The largest absolute Gasteiger partial charge is 0.351 e. The van der Waals surface area contributed by atoms with Gasteiger partial charge >= 0.3 is 0 Å². The summed E-state index contributed by atoms with van der Waals surface area (Å²) in [7, 11) is 4.12. The summed E-state index contributed by atoms with van der Waals surface area (Å²) in [5.74, 6) is 0.0190. The van der Waals surface area contributed by atoms with Crippen LogP contribution < -0.4 is 10.6 Å². The highest BCUT2D eigenvalue weighted by molar-refractivity contribution is 5.81. The van der Waals surface area contributed by atoms with Gasteiger partial charge in [-0.15, -0.1) is 6.58 Å². The van der Waals surface area contributed by atoms with Crippen LogP contribution >= 0.6 is 0 Å². The first-order chi connectivity index (χ1) is 7.78. The molecule has 0 saturated carbocycles. The fourth-order valence-corrected chi connectivity index (χ4v) is 1.76. The molecule has 0 saturated heterocycles. The number of nitrogens with zero attached hydrogens (tertiary/aromatic N) is 1. The first kappa shape index (κ1) is 16.1. The monoisotopic (exact) mass is 241 g/mol. The van der Waals surface area contributed by atoms with Crippen LogP contribution in [0.25, 0.3) is 0 Å². The molecule has 0 aromatic carbocycles. The third-order valence-electron chi connectivity index (χ3n) is 2.44. The van der Waals surface area contributed by atoms with Gasteiger partial charge in [0.05, 0.1) is 6.04 Å². The highest BCUT2D eigenvalue weighted by Gasteiger charge is 2.21. The maximum absolute atomic E-state index is 11.6. The predicted octanol–water partition coefficient (Wildman–Crippen LogP) is 0.855. The second kappa shape index (κ2) is 7.45. The molecular weight excluding hydrogens is 214 g/mol. The van der Waals surface area contributed by atoms with Crippen molar-refractivity contribution < 1.29 is 4.79 Å². The van der Waals surface area contributed by atoms with Gasteiger partial charge in [-0.25, -0.2) is 0 Å². The zero-order valence-corrected chi connectivity index (χ0v) is 11.8. The number of hydrogen-bond acceptors (Lipinski definition) is 3. The minimum Gasteiger partial charge on any atom is -0.351 e. The zero-order chi connectivity index (χ0) is 13.5. The van der Waals surface area contributed by atoms with Crippen molar-refractivity contribution in [3.8, 4) is 0 Å². The van der Waals surface area contributed by atoms with Crippen LogP contribution in [0.15, 0.2) is 12.7 Å². The molecule has 0 aliphatic rings. The van der Waals surface area contributed by atoms with Gasteiger partial charge in [-0.2, -0.15) is 0 Å². The Hall–Kier alpha value is -0.870. The van der Waals surface area contributed by atoms with Gasteiger partial charge in [-0.05, 0) is 26.4 Å². The third-order valence-corrected chi connectivity index (χ3v) is 2.44. The van der Waals surface area contributed by atoms with E-state index in [-0.39, 0.29) is 17.4 Å². The molecule has 0 aromatic heterocycles. The highest BCUT2D eigenvalue weighted by atomic mass is 16.2. The molecule has 0 spiro atoms. The molecule has 0 aliphatic carbocycles. The van der Waals surface area contributed by atoms with Gasteiger partial charge in [-0.1, -0.05) is 19.9 Å². The van der Waals surface area contributed by atoms with Crippen molar-refractivity contribution in [1.29, 1.82) is 0 Å². The SMILES string of the molecule is C=CCNC(=O)C(C)NCC(C)(C)CN(C)C. The van der Waals surface area contributed by atoms with E-state index in [1.807, 2.05) is 6.92 Å². The molecular formula is C13H27N3O. The van der Waals surface area contributed by atoms with Crippen molar-refractivity contribution >= 4 is 5.91 Å². The van der Waals surface area contributed by atoms with Crippen molar-refractivity contribution in [3.05, 3.63) is 12.7 Å². The second-order valence-electron chi connectivity index (χ2n) is 5.54. The van der Waals surface area contributed by atoms with Gasteiger partial charge in [0, 0.05) is 19.6 Å². The van der Waals surface area contributed by atoms with Gasteiger partial charge in [0.15, 0.2) is 0 Å². The van der Waals surface area contributed by atoms with E-state index in [4.69, 9.17) is 0 Å². The molecule has 0 aromatic rings. The van der Waals surface area contributed by atoms with Crippen LogP contribution in [-0.2, 0) is 4.79 Å². The third kappa shape index (κ3) is 7.94. The van der Waals surface area contributed by atoms with Crippen molar-refractivity contribution in [3.63, 3.8) is 0 Å². The maximum atomic E-state index is 11.6. The normalized spacial score (nSPS) is 13.5. The van der Waals surface area contributed by atoms with Crippen LogP contribution in [0, 0.1) is 5.41 Å². The van der Waals surface area contributed by atoms with E-state index in [9.17, 15) is 4.79 Å². The molecule has 0 heterocycles. The van der Waals surface area contributed by atoms with E-state index < -0.39 is 0 Å². The number of hydrogen-bond donors (Lipinski definition) is 2. The molecule has 0 radical (unpaired) electrons. The molecule has 0 fully saturated rings. The summed E-state index contributed by atoms with van der Waals surface area (Å²) >= 11 is 0. The van der Waals surface area contributed by atoms with Gasteiger partial charge in [0.2, 0.25) is 5.91 Å². The van der Waals surface area contributed by atoms with Crippen LogP contribution in [0.4, 0.5) is 0 Å². The molecule has 1 atom stereocenters. The smallest absolute Gasteiger partial charge is 0.237 e. The number of carbonyl (C=O) groups excluding carboxylic acids is 1. The molecule has 1 unspecified atom stereocenters. The Bertz CT molecular complexity index is 249. The van der Waals surface area contributed by atoms with Crippen molar-refractivity contribution in [2.75, 3.05) is 33.7 Å². The van der Waals surface area contributed by atoms with Gasteiger partial charge in [0.1, 0.15) is 0 Å². The summed E-state index contributed by atoms with van der Waals surface area (Å²) < 4.78 is 0. The Morgan fingerprint density at radius 2 is 2.06 bits per heavy atom. The fourth-order valence-electron chi connectivity index (χ4n) is 1.76. The number of nitrogens with one attached hydrogen (secondary N) is 2. The fraction of sp³-hybridized carbons (Fsp3) is 0.769. The minimum absolute atomic E-state index is 0.0190. The lowest BCUT2D eigenvalue weighted by Crippen LogP contribution is -2.47. The Morgan fingerprint density at radius 1 is 1.47 bits per heavy atom. The van der Waals surface area contributed by atoms with Crippen molar-refractivity contribution in [2.45, 2.75) is 26.8 Å². The minimum atomic E-state index is -0.170. The van der Waals surface area contributed by atoms with E-state index in [1.54, 1.807) is 6.08 Å². The van der Waals surface area contributed by atoms with Gasteiger partial charge < -0.3 is 15.5 Å². The highest BCUT2D eigenvalue weighted by Crippen LogP contribution is 2.14. The summed E-state index contributed by atoms with van der Waals surface area (Å²) in [6, 6.07) is -0.170. The van der Waals surface area contributed by atoms with Gasteiger partial charge in [-0.3, -0.25) is 4.79 Å². The average molecular weight is 241 g/mol. The van der Waals surface area contributed by atoms with Crippen LogP contribution in [-0.4, -0.2) is 50.6 Å². The molecule has 100 valence electrons. The molecule has 4 heteroatoms. The van der Waals surface area contributed by atoms with Crippen LogP contribution in [0.3, 0.4) is 0 Å². The van der Waals surface area contributed by atoms with E-state index >= 15 is 0 Å². The first-order valence-corrected chi connectivity index (χ1v) is 6.05. The summed E-state index contributed by atoms with van der Waals surface area (Å²) in [5.41, 5.74) is 0.149. The first-order valence-electron chi connectivity index (χ1n) is 6.05. The van der Waals surface area contributed by atoms with Crippen LogP contribution in [0.2, 0.25) is 0 Å². The van der Waals surface area contributed by atoms with Crippen molar-refractivity contribution in [1.82, 2.24) is 15.5 Å². The average Bonchev–Trinajstić information content (AvgIpc) is 2.20. The standard InChI is InChI=1S/C13H27N3O/c1-7-8-14-12(17)11(2)15-9-13(3,4)10-16(5)6/h7,11,15H,1,8-10H2,2-6H3,(H,14,17). The molecule has 17 heavy (non-hydrogen) atoms. The number of amides is 1. The molecule has 1 amide bonds. The quantitative estimate of drug-likeness (QED) is 0.619. The Balaban J connectivity index is 4.00. The van der Waals surface area contributed by atoms with Crippen molar-refractivity contribution in [2.24, 2.45) is 5.41 Å². The Kier molecular flexibility index (Phi) is 7.07. The van der Waals surface area contributed by atoms with E-state index in [2.05, 4.69) is 50.1 Å². The topological polar surface area (TPSA) is 44.4 Å². The van der Waals surface area contributed by atoms with Gasteiger partial charge in [0.25, 0.3) is 0 Å². The Labute approximate surface area is 105 Å². The van der Waals surface area contributed by atoms with Crippen LogP contribution in [0.1, 0.15) is 20.8 Å². The summed E-state index contributed by atoms with van der Waals surface area (Å²) in [4.78, 5) is 13.8. The van der Waals surface area contributed by atoms with E-state index in [0.29, 0.717) is 6.54 Å². The molecule has 0 rings (SSSR count). The van der Waals surface area contributed by atoms with Crippen LogP contribution in [0.5, 0.6) is 0 Å². The number of carbonyl (C=O) groups is 1. The summed E-state index contributed by atoms with van der Waals surface area (Å²) in [6.45, 7) is 12.1. The molecule has 0 bridgehead atoms. The lowest BCUT2D eigenvalue weighted by Gasteiger charge is -2.29.